The minimum Gasteiger partial charge on any atom is -0.480 e. The molecule has 112 valence electrons. The molecule has 20 heavy (non-hydrogen) atoms. The predicted molar refractivity (Wildman–Crippen MR) is 61.7 cm³/mol. The monoisotopic (exact) mass is 295 g/mol. The highest BCUT2D eigenvalue weighted by molar-refractivity contribution is 5.75. The molecular formula is C12H13F4NO3. The van der Waals surface area contributed by atoms with Crippen molar-refractivity contribution in [2.75, 3.05) is 20.3 Å². The molecule has 1 unspecified atom stereocenters. The topological polar surface area (TPSA) is 58.6 Å². The maximum absolute atomic E-state index is 13.1. The summed E-state index contributed by atoms with van der Waals surface area (Å²) in [5.74, 6) is -2.80. The summed E-state index contributed by atoms with van der Waals surface area (Å²) < 4.78 is 55.6. The largest absolute Gasteiger partial charge is 0.480 e. The number of nitrogens with one attached hydrogen (secondary N) is 1. The molecule has 0 heterocycles. The number of alkyl halides is 3. The van der Waals surface area contributed by atoms with E-state index in [1.165, 1.54) is 7.11 Å². The smallest absolute Gasteiger partial charge is 0.419 e. The lowest BCUT2D eigenvalue weighted by Gasteiger charge is -2.16. The van der Waals surface area contributed by atoms with Crippen LogP contribution >= 0.6 is 0 Å². The molecule has 1 aromatic rings. The van der Waals surface area contributed by atoms with Crippen LogP contribution in [-0.2, 0) is 15.7 Å². The Hall–Kier alpha value is -1.67. The second-order valence-corrected chi connectivity index (χ2v) is 3.96. The van der Waals surface area contributed by atoms with Crippen molar-refractivity contribution >= 4 is 5.97 Å². The van der Waals surface area contributed by atoms with Crippen molar-refractivity contribution in [3.05, 3.63) is 35.1 Å². The van der Waals surface area contributed by atoms with E-state index in [9.17, 15) is 22.4 Å². The zero-order valence-corrected chi connectivity index (χ0v) is 10.5. The van der Waals surface area contributed by atoms with Gasteiger partial charge in [0.25, 0.3) is 0 Å². The van der Waals surface area contributed by atoms with E-state index in [1.807, 2.05) is 0 Å². The number of ether oxygens (including phenoxy) is 1. The van der Waals surface area contributed by atoms with Crippen molar-refractivity contribution < 1.29 is 32.2 Å². The van der Waals surface area contributed by atoms with Crippen LogP contribution in [0.5, 0.6) is 0 Å². The molecule has 0 aliphatic heterocycles. The lowest BCUT2D eigenvalue weighted by atomic mass is 10.0. The van der Waals surface area contributed by atoms with Gasteiger partial charge in [-0.15, -0.1) is 0 Å². The number of methoxy groups -OCH3 is 1. The fourth-order valence-electron chi connectivity index (χ4n) is 1.59. The molecule has 0 aromatic heterocycles. The Balaban J connectivity index is 3.06. The highest BCUT2D eigenvalue weighted by atomic mass is 19.4. The summed E-state index contributed by atoms with van der Waals surface area (Å²) >= 11 is 0. The third kappa shape index (κ3) is 4.17. The van der Waals surface area contributed by atoms with Crippen molar-refractivity contribution in [2.45, 2.75) is 12.2 Å². The predicted octanol–water partition coefficient (Wildman–Crippen LogP) is 2.21. The number of carboxylic acids is 1. The number of hydrogen-bond acceptors (Lipinski definition) is 3. The minimum atomic E-state index is -4.88. The molecule has 0 fully saturated rings. The van der Waals surface area contributed by atoms with Crippen molar-refractivity contribution in [1.82, 2.24) is 5.32 Å². The molecule has 0 radical (unpaired) electrons. The second kappa shape index (κ2) is 6.67. The zero-order chi connectivity index (χ0) is 15.3. The fraction of sp³-hybridized carbons (Fsp3) is 0.417. The van der Waals surface area contributed by atoms with Gasteiger partial charge >= 0.3 is 12.1 Å². The first-order chi connectivity index (χ1) is 9.27. The highest BCUT2D eigenvalue weighted by Crippen LogP contribution is 2.33. The van der Waals surface area contributed by atoms with E-state index in [-0.39, 0.29) is 18.7 Å². The Morgan fingerprint density at radius 1 is 1.45 bits per heavy atom. The molecule has 8 heteroatoms. The van der Waals surface area contributed by atoms with Crippen LogP contribution in [0.25, 0.3) is 0 Å². The second-order valence-electron chi connectivity index (χ2n) is 3.96. The maximum Gasteiger partial charge on any atom is 0.419 e. The highest BCUT2D eigenvalue weighted by Gasteiger charge is 2.35. The van der Waals surface area contributed by atoms with E-state index >= 15 is 0 Å². The summed E-state index contributed by atoms with van der Waals surface area (Å²) in [6.45, 7) is 0.323. The molecule has 0 saturated heterocycles. The summed E-state index contributed by atoms with van der Waals surface area (Å²) in [6.07, 6.45) is -4.88. The van der Waals surface area contributed by atoms with Gasteiger partial charge in [0.2, 0.25) is 0 Å². The quantitative estimate of drug-likeness (QED) is 0.624. The van der Waals surface area contributed by atoms with Gasteiger partial charge in [-0.3, -0.25) is 10.1 Å². The van der Waals surface area contributed by atoms with E-state index in [4.69, 9.17) is 9.84 Å². The normalized spacial score (nSPS) is 13.2. The van der Waals surface area contributed by atoms with E-state index < -0.39 is 29.6 Å². The molecule has 4 nitrogen and oxygen atoms in total. The lowest BCUT2D eigenvalue weighted by Crippen LogP contribution is -2.31. The van der Waals surface area contributed by atoms with Gasteiger partial charge in [-0.25, -0.2) is 4.39 Å². The SMILES string of the molecule is COCCNC(C(=O)O)c1ccc(F)c(C(F)(F)F)c1. The number of halogens is 4. The van der Waals surface area contributed by atoms with E-state index in [0.717, 1.165) is 6.07 Å². The molecule has 2 N–H and O–H groups in total. The zero-order valence-electron chi connectivity index (χ0n) is 10.5. The van der Waals surface area contributed by atoms with Gasteiger partial charge in [0.15, 0.2) is 0 Å². The standard InChI is InChI=1S/C12H13F4NO3/c1-20-5-4-17-10(11(18)19)7-2-3-9(13)8(6-7)12(14,15)16/h2-3,6,10,17H,4-5H2,1H3,(H,18,19). The van der Waals surface area contributed by atoms with Gasteiger partial charge in [-0.1, -0.05) is 6.07 Å². The molecule has 0 spiro atoms. The first-order valence-electron chi connectivity index (χ1n) is 5.59. The van der Waals surface area contributed by atoms with Gasteiger partial charge in [0.05, 0.1) is 12.2 Å². The molecule has 1 aromatic carbocycles. The van der Waals surface area contributed by atoms with Crippen LogP contribution in [0, 0.1) is 5.82 Å². The molecule has 0 aliphatic carbocycles. The van der Waals surface area contributed by atoms with Crippen LogP contribution in [0.1, 0.15) is 17.2 Å². The molecule has 0 saturated carbocycles. The van der Waals surface area contributed by atoms with Crippen LogP contribution in [0.15, 0.2) is 18.2 Å². The number of carboxylic acid groups (broad SMARTS) is 1. The summed E-state index contributed by atoms with van der Waals surface area (Å²) in [7, 11) is 1.40. The van der Waals surface area contributed by atoms with Crippen LogP contribution in [0.2, 0.25) is 0 Å². The van der Waals surface area contributed by atoms with Crippen molar-refractivity contribution in [3.8, 4) is 0 Å². The first kappa shape index (κ1) is 16.4. The Kier molecular flexibility index (Phi) is 5.46. The van der Waals surface area contributed by atoms with E-state index in [0.29, 0.717) is 12.1 Å². The van der Waals surface area contributed by atoms with Gasteiger partial charge in [-0.2, -0.15) is 13.2 Å². The molecular weight excluding hydrogens is 282 g/mol. The Morgan fingerprint density at radius 2 is 2.10 bits per heavy atom. The summed E-state index contributed by atoms with van der Waals surface area (Å²) in [5.41, 5.74) is -1.67. The van der Waals surface area contributed by atoms with Crippen LogP contribution < -0.4 is 5.32 Å². The minimum absolute atomic E-state index is 0.131. The fourth-order valence-corrected chi connectivity index (χ4v) is 1.59. The molecule has 0 aliphatic rings. The summed E-state index contributed by atoms with van der Waals surface area (Å²) in [6, 6.07) is 0.732. The third-order valence-electron chi connectivity index (χ3n) is 2.53. The van der Waals surface area contributed by atoms with Gasteiger partial charge in [-0.05, 0) is 17.7 Å². The van der Waals surface area contributed by atoms with E-state index in [2.05, 4.69) is 5.32 Å². The summed E-state index contributed by atoms with van der Waals surface area (Å²) in [4.78, 5) is 11.1. The average molecular weight is 295 g/mol. The molecule has 1 atom stereocenters. The maximum atomic E-state index is 13.1. The van der Waals surface area contributed by atoms with E-state index in [1.54, 1.807) is 0 Å². The molecule has 0 bridgehead atoms. The van der Waals surface area contributed by atoms with Crippen LogP contribution in [0.3, 0.4) is 0 Å². The molecule has 1 rings (SSSR count). The number of carbonyl (C=O) groups is 1. The van der Waals surface area contributed by atoms with Crippen molar-refractivity contribution in [2.24, 2.45) is 0 Å². The first-order valence-corrected chi connectivity index (χ1v) is 5.59. The van der Waals surface area contributed by atoms with Crippen LogP contribution in [0.4, 0.5) is 17.6 Å². The number of aliphatic carboxylic acids is 1. The Bertz CT molecular complexity index is 476. The Labute approximate surface area is 112 Å². The number of rotatable bonds is 6. The van der Waals surface area contributed by atoms with Gasteiger partial charge < -0.3 is 9.84 Å². The van der Waals surface area contributed by atoms with Gasteiger partial charge in [0, 0.05) is 13.7 Å². The Morgan fingerprint density at radius 3 is 2.60 bits per heavy atom. The average Bonchev–Trinajstić information content (AvgIpc) is 2.34. The van der Waals surface area contributed by atoms with Crippen molar-refractivity contribution in [3.63, 3.8) is 0 Å². The van der Waals surface area contributed by atoms with Crippen molar-refractivity contribution in [1.29, 1.82) is 0 Å². The number of benzene rings is 1. The third-order valence-corrected chi connectivity index (χ3v) is 2.53. The molecule has 0 amide bonds. The summed E-state index contributed by atoms with van der Waals surface area (Å²) in [5, 5.41) is 11.5. The lowest BCUT2D eigenvalue weighted by molar-refractivity contribution is -0.142. The van der Waals surface area contributed by atoms with Crippen LogP contribution in [-0.4, -0.2) is 31.3 Å². The van der Waals surface area contributed by atoms with Gasteiger partial charge in [0.1, 0.15) is 11.9 Å². The number of hydrogen-bond donors (Lipinski definition) is 2.